The van der Waals surface area contributed by atoms with Crippen molar-refractivity contribution in [2.75, 3.05) is 0 Å². The van der Waals surface area contributed by atoms with Gasteiger partial charge in [-0.15, -0.1) is 0 Å². The van der Waals surface area contributed by atoms with Crippen molar-refractivity contribution < 1.29 is 17.6 Å². The molecule has 43 valence electrons. The summed E-state index contributed by atoms with van der Waals surface area (Å²) in [6.07, 6.45) is -4.00. The van der Waals surface area contributed by atoms with E-state index in [1.165, 1.54) is 0 Å². The maximum absolute atomic E-state index is 10.4. The van der Waals surface area contributed by atoms with Crippen LogP contribution in [0.2, 0.25) is 0 Å². The topological polar surface area (TPSA) is 0 Å². The van der Waals surface area contributed by atoms with Crippen LogP contribution in [0.1, 0.15) is 6.92 Å². The minimum Gasteiger partial charge on any atom is -0.232 e. The SMILES string of the molecule is CC(F)(F)F.[C]F. The Morgan fingerprint density at radius 1 is 1.14 bits per heavy atom. The molecular formula is C3H3F4. The molecule has 0 bridgehead atoms. The summed E-state index contributed by atoms with van der Waals surface area (Å²) in [7, 11) is 4.25. The first-order valence-electron chi connectivity index (χ1n) is 1.26. The van der Waals surface area contributed by atoms with E-state index in [0.29, 0.717) is 0 Å². The number of halogens is 4. The second kappa shape index (κ2) is 3.89. The van der Waals surface area contributed by atoms with Gasteiger partial charge in [-0.05, 0) is 0 Å². The molecule has 0 heterocycles. The standard InChI is InChI=1S/C2H3F3.CF/c1-2(3,4)5;1-2/h1H3;. The first kappa shape index (κ1) is 9.87. The van der Waals surface area contributed by atoms with Crippen LogP contribution < -0.4 is 0 Å². The summed E-state index contributed by atoms with van der Waals surface area (Å²) >= 11 is 0. The molecule has 4 heteroatoms. The molecule has 3 radical (unpaired) electrons. The van der Waals surface area contributed by atoms with E-state index < -0.39 is 6.18 Å². The maximum Gasteiger partial charge on any atom is 0.386 e. The van der Waals surface area contributed by atoms with Crippen molar-refractivity contribution in [2.45, 2.75) is 13.1 Å². The highest BCUT2D eigenvalue weighted by Crippen LogP contribution is 2.10. The minimum atomic E-state index is -4.00. The van der Waals surface area contributed by atoms with Gasteiger partial charge in [-0.3, -0.25) is 0 Å². The molecule has 0 unspecified atom stereocenters. The molecule has 0 aliphatic carbocycles. The fourth-order valence-electron chi connectivity index (χ4n) is 0. The highest BCUT2D eigenvalue weighted by atomic mass is 19.4. The van der Waals surface area contributed by atoms with Crippen molar-refractivity contribution in [1.82, 2.24) is 0 Å². The number of alkyl halides is 3. The van der Waals surface area contributed by atoms with Gasteiger partial charge in [0.2, 0.25) is 7.18 Å². The average molecular weight is 115 g/mol. The van der Waals surface area contributed by atoms with Crippen molar-refractivity contribution in [3.8, 4) is 0 Å². The van der Waals surface area contributed by atoms with Crippen LogP contribution in [-0.2, 0) is 0 Å². The maximum atomic E-state index is 10.4. The van der Waals surface area contributed by atoms with Gasteiger partial charge >= 0.3 is 6.18 Å². The van der Waals surface area contributed by atoms with Crippen LogP contribution in [0.15, 0.2) is 0 Å². The predicted molar refractivity (Wildman–Crippen MR) is 16.1 cm³/mol. The molecule has 0 aromatic carbocycles. The highest BCUT2D eigenvalue weighted by Gasteiger charge is 2.15. The molecule has 0 nitrogen and oxygen atoms in total. The number of hydrogen-bond donors (Lipinski definition) is 0. The zero-order chi connectivity index (χ0) is 6.50. The van der Waals surface area contributed by atoms with Gasteiger partial charge in [0.05, 0.1) is 0 Å². The van der Waals surface area contributed by atoms with Gasteiger partial charge in [-0.2, -0.15) is 13.2 Å². The molecule has 0 saturated carbocycles. The lowest BCUT2D eigenvalue weighted by atomic mass is 10.8. The molecular weight excluding hydrogens is 112 g/mol. The normalized spacial score (nSPS) is 9.43. The molecule has 7 heavy (non-hydrogen) atoms. The van der Waals surface area contributed by atoms with E-state index in [1.54, 1.807) is 0 Å². The van der Waals surface area contributed by atoms with E-state index in [1.807, 2.05) is 0 Å². The highest BCUT2D eigenvalue weighted by molar-refractivity contribution is 4.26. The molecule has 0 spiro atoms. The van der Waals surface area contributed by atoms with Crippen molar-refractivity contribution in [3.05, 3.63) is 7.18 Å². The third kappa shape index (κ3) is 1010. The molecule has 0 aliphatic heterocycles. The van der Waals surface area contributed by atoms with Crippen molar-refractivity contribution >= 4 is 0 Å². The smallest absolute Gasteiger partial charge is 0.232 e. The molecule has 0 aromatic heterocycles. The minimum absolute atomic E-state index is 0.188. The Kier molecular flexibility index (Phi) is 5.49. The van der Waals surface area contributed by atoms with Crippen LogP contribution >= 0.6 is 0 Å². The Balaban J connectivity index is 0. The number of hydrogen-bond acceptors (Lipinski definition) is 0. The van der Waals surface area contributed by atoms with Crippen LogP contribution in [-0.4, -0.2) is 6.18 Å². The monoisotopic (exact) mass is 115 g/mol. The van der Waals surface area contributed by atoms with E-state index in [-0.39, 0.29) is 6.92 Å². The summed E-state index contributed by atoms with van der Waals surface area (Å²) in [6, 6.07) is 0. The van der Waals surface area contributed by atoms with Crippen LogP contribution in [0, 0.1) is 7.18 Å². The van der Waals surface area contributed by atoms with E-state index in [2.05, 4.69) is 7.18 Å². The lowest BCUT2D eigenvalue weighted by Crippen LogP contribution is -1.95. The third-order valence-electron chi connectivity index (χ3n) is 0. The third-order valence-corrected chi connectivity index (χ3v) is 0. The second-order valence-electron chi connectivity index (χ2n) is 0.781. The Bertz CT molecular complexity index is 22.4. The molecule has 0 atom stereocenters. The van der Waals surface area contributed by atoms with Gasteiger partial charge in [-0.25, -0.2) is 4.39 Å². The molecule has 0 N–H and O–H groups in total. The molecule has 0 rings (SSSR count). The van der Waals surface area contributed by atoms with Gasteiger partial charge in [-0.1, -0.05) is 0 Å². The lowest BCUT2D eigenvalue weighted by molar-refractivity contribution is -0.110. The summed E-state index contributed by atoms with van der Waals surface area (Å²) in [5.74, 6) is 0. The van der Waals surface area contributed by atoms with Crippen molar-refractivity contribution in [2.24, 2.45) is 0 Å². The first-order chi connectivity index (χ1) is 3.00. The van der Waals surface area contributed by atoms with Gasteiger partial charge < -0.3 is 0 Å². The lowest BCUT2D eigenvalue weighted by Gasteiger charge is -1.88. The van der Waals surface area contributed by atoms with E-state index >= 15 is 0 Å². The molecule has 0 aliphatic rings. The summed E-state index contributed by atoms with van der Waals surface area (Å²) in [4.78, 5) is 0. The fourth-order valence-corrected chi connectivity index (χ4v) is 0. The Labute approximate surface area is 39.1 Å². The largest absolute Gasteiger partial charge is 0.386 e. The van der Waals surface area contributed by atoms with E-state index in [4.69, 9.17) is 4.39 Å². The van der Waals surface area contributed by atoms with Gasteiger partial charge in [0.25, 0.3) is 0 Å². The first-order valence-corrected chi connectivity index (χ1v) is 1.26. The van der Waals surface area contributed by atoms with E-state index in [9.17, 15) is 13.2 Å². The number of rotatable bonds is 0. The van der Waals surface area contributed by atoms with Crippen LogP contribution in [0.4, 0.5) is 17.6 Å². The Hall–Kier alpha value is -0.280. The van der Waals surface area contributed by atoms with E-state index in [0.717, 1.165) is 0 Å². The van der Waals surface area contributed by atoms with Gasteiger partial charge in [0.15, 0.2) is 0 Å². The van der Waals surface area contributed by atoms with Crippen LogP contribution in [0.3, 0.4) is 0 Å². The quantitative estimate of drug-likeness (QED) is 0.424. The fraction of sp³-hybridized carbons (Fsp3) is 0.667. The summed E-state index contributed by atoms with van der Waals surface area (Å²) in [5, 5.41) is 0. The summed E-state index contributed by atoms with van der Waals surface area (Å²) < 4.78 is 39.8. The van der Waals surface area contributed by atoms with Gasteiger partial charge in [0.1, 0.15) is 0 Å². The average Bonchev–Trinajstić information content (AvgIpc) is 1.36. The molecule has 0 saturated heterocycles. The molecule has 0 amide bonds. The van der Waals surface area contributed by atoms with Crippen molar-refractivity contribution in [1.29, 1.82) is 0 Å². The summed E-state index contributed by atoms with van der Waals surface area (Å²) in [6.45, 7) is 0.188. The van der Waals surface area contributed by atoms with Gasteiger partial charge in [0, 0.05) is 6.92 Å². The van der Waals surface area contributed by atoms with Crippen LogP contribution in [0.25, 0.3) is 0 Å². The Morgan fingerprint density at radius 2 is 1.14 bits per heavy atom. The zero-order valence-corrected chi connectivity index (χ0v) is 3.51. The second-order valence-corrected chi connectivity index (χ2v) is 0.781. The molecule has 0 aromatic rings. The Morgan fingerprint density at radius 3 is 1.14 bits per heavy atom. The van der Waals surface area contributed by atoms with Crippen molar-refractivity contribution in [3.63, 3.8) is 0 Å². The van der Waals surface area contributed by atoms with Crippen LogP contribution in [0.5, 0.6) is 0 Å². The zero-order valence-electron chi connectivity index (χ0n) is 3.51. The predicted octanol–water partition coefficient (Wildman–Crippen LogP) is 2.07. The molecule has 0 fully saturated rings. The summed E-state index contributed by atoms with van der Waals surface area (Å²) in [5.41, 5.74) is 0.